The number of rotatable bonds is 7. The highest BCUT2D eigenvalue weighted by Gasteiger charge is 2.02. The molecule has 0 spiro atoms. The molecule has 0 saturated carbocycles. The van der Waals surface area contributed by atoms with Gasteiger partial charge in [-0.2, -0.15) is 5.10 Å². The first-order valence-electron chi connectivity index (χ1n) is 7.61. The van der Waals surface area contributed by atoms with E-state index in [1.807, 2.05) is 24.6 Å². The van der Waals surface area contributed by atoms with E-state index in [0.717, 1.165) is 43.4 Å². The third-order valence-corrected chi connectivity index (χ3v) is 3.18. The van der Waals surface area contributed by atoms with Gasteiger partial charge in [-0.1, -0.05) is 5.16 Å². The van der Waals surface area contributed by atoms with Crippen molar-refractivity contribution in [3.63, 3.8) is 0 Å². The van der Waals surface area contributed by atoms with E-state index in [9.17, 15) is 0 Å². The van der Waals surface area contributed by atoms with E-state index < -0.39 is 0 Å². The van der Waals surface area contributed by atoms with E-state index in [0.29, 0.717) is 6.54 Å². The van der Waals surface area contributed by atoms with Gasteiger partial charge >= 0.3 is 0 Å². The first kappa shape index (κ1) is 16.1. The van der Waals surface area contributed by atoms with Gasteiger partial charge in [0.2, 0.25) is 0 Å². The molecule has 120 valence electrons. The van der Waals surface area contributed by atoms with Crippen molar-refractivity contribution in [3.8, 4) is 0 Å². The lowest BCUT2D eigenvalue weighted by atomic mass is 10.4. The molecule has 0 aliphatic rings. The van der Waals surface area contributed by atoms with E-state index in [4.69, 9.17) is 4.52 Å². The van der Waals surface area contributed by atoms with Gasteiger partial charge in [-0.15, -0.1) is 0 Å². The maximum atomic E-state index is 4.80. The second kappa shape index (κ2) is 8.21. The van der Waals surface area contributed by atoms with E-state index in [1.54, 1.807) is 6.26 Å². The Morgan fingerprint density at radius 1 is 1.36 bits per heavy atom. The molecule has 0 aliphatic heterocycles. The number of nitrogens with one attached hydrogen (secondary N) is 2. The summed E-state index contributed by atoms with van der Waals surface area (Å²) in [6.45, 7) is 9.20. The molecular weight excluding hydrogens is 280 g/mol. The second-order valence-corrected chi connectivity index (χ2v) is 5.12. The van der Waals surface area contributed by atoms with E-state index in [-0.39, 0.29) is 0 Å². The van der Waals surface area contributed by atoms with Crippen LogP contribution in [0.2, 0.25) is 0 Å². The van der Waals surface area contributed by atoms with Gasteiger partial charge in [0.1, 0.15) is 12.0 Å². The Balaban J connectivity index is 1.76. The van der Waals surface area contributed by atoms with Crippen molar-refractivity contribution in [1.29, 1.82) is 0 Å². The molecule has 2 aromatic rings. The van der Waals surface area contributed by atoms with Crippen LogP contribution in [0.4, 0.5) is 0 Å². The molecule has 0 aromatic carbocycles. The smallest absolute Gasteiger partial charge is 0.191 e. The molecular formula is C15H24N6O. The quantitative estimate of drug-likeness (QED) is 0.462. The van der Waals surface area contributed by atoms with Gasteiger partial charge < -0.3 is 15.2 Å². The van der Waals surface area contributed by atoms with E-state index in [2.05, 4.69) is 38.9 Å². The molecule has 0 radical (unpaired) electrons. The number of nitrogens with zero attached hydrogens (tertiary/aromatic N) is 4. The Hall–Kier alpha value is -2.31. The van der Waals surface area contributed by atoms with Gasteiger partial charge in [-0.25, -0.2) is 4.99 Å². The lowest BCUT2D eigenvalue weighted by Crippen LogP contribution is -2.38. The molecule has 22 heavy (non-hydrogen) atoms. The zero-order valence-electron chi connectivity index (χ0n) is 13.5. The largest absolute Gasteiger partial charge is 0.364 e. The molecule has 2 rings (SSSR count). The van der Waals surface area contributed by atoms with Gasteiger partial charge in [0.25, 0.3) is 0 Å². The first-order valence-corrected chi connectivity index (χ1v) is 7.61. The van der Waals surface area contributed by atoms with E-state index >= 15 is 0 Å². The van der Waals surface area contributed by atoms with Crippen molar-refractivity contribution in [1.82, 2.24) is 25.6 Å². The van der Waals surface area contributed by atoms with Gasteiger partial charge in [0, 0.05) is 31.4 Å². The topological polar surface area (TPSA) is 80.3 Å². The van der Waals surface area contributed by atoms with Crippen molar-refractivity contribution < 1.29 is 4.52 Å². The highest BCUT2D eigenvalue weighted by molar-refractivity contribution is 5.79. The normalized spacial score (nSPS) is 11.7. The number of aryl methyl sites for hydroxylation is 3. The standard InChI is InChI=1S/C15H24N6O/c1-4-16-15(18-11-14-6-9-22-20-14)17-7-5-8-21-13(3)10-12(2)19-21/h6,9-10H,4-5,7-8,11H2,1-3H3,(H2,16,17,18). The SMILES string of the molecule is CCNC(=NCc1ccon1)NCCCn1nc(C)cc1C. The van der Waals surface area contributed by atoms with Crippen LogP contribution < -0.4 is 10.6 Å². The van der Waals surface area contributed by atoms with Crippen LogP contribution in [0.5, 0.6) is 0 Å². The molecule has 0 atom stereocenters. The number of guanidine groups is 1. The minimum atomic E-state index is 0.503. The Morgan fingerprint density at radius 2 is 2.23 bits per heavy atom. The monoisotopic (exact) mass is 304 g/mol. The third-order valence-electron chi connectivity index (χ3n) is 3.18. The van der Waals surface area contributed by atoms with Crippen LogP contribution in [0, 0.1) is 13.8 Å². The fourth-order valence-electron chi connectivity index (χ4n) is 2.16. The summed E-state index contributed by atoms with van der Waals surface area (Å²) >= 11 is 0. The van der Waals surface area contributed by atoms with Crippen LogP contribution in [-0.4, -0.2) is 34.0 Å². The number of aliphatic imine (C=N–C) groups is 1. The Kier molecular flexibility index (Phi) is 6.00. The zero-order valence-corrected chi connectivity index (χ0v) is 13.5. The van der Waals surface area contributed by atoms with Crippen LogP contribution in [0.25, 0.3) is 0 Å². The minimum Gasteiger partial charge on any atom is -0.364 e. The Labute approximate surface area is 130 Å². The molecule has 0 unspecified atom stereocenters. The van der Waals surface area contributed by atoms with Gasteiger partial charge in [0.15, 0.2) is 5.96 Å². The summed E-state index contributed by atoms with van der Waals surface area (Å²) in [6.07, 6.45) is 2.54. The van der Waals surface area contributed by atoms with Crippen molar-refractivity contribution >= 4 is 5.96 Å². The first-order chi connectivity index (χ1) is 10.7. The number of aromatic nitrogens is 3. The van der Waals surface area contributed by atoms with Crippen molar-refractivity contribution in [2.75, 3.05) is 13.1 Å². The minimum absolute atomic E-state index is 0.503. The van der Waals surface area contributed by atoms with Crippen LogP contribution in [0.1, 0.15) is 30.4 Å². The van der Waals surface area contributed by atoms with E-state index in [1.165, 1.54) is 5.69 Å². The van der Waals surface area contributed by atoms with Gasteiger partial charge in [0.05, 0.1) is 12.2 Å². The average Bonchev–Trinajstić information content (AvgIpc) is 3.10. The molecule has 0 fully saturated rings. The van der Waals surface area contributed by atoms with Gasteiger partial charge in [-0.3, -0.25) is 4.68 Å². The predicted molar refractivity (Wildman–Crippen MR) is 85.6 cm³/mol. The van der Waals surface area contributed by atoms with Crippen LogP contribution in [0.3, 0.4) is 0 Å². The highest BCUT2D eigenvalue weighted by Crippen LogP contribution is 2.02. The zero-order chi connectivity index (χ0) is 15.8. The Bertz CT molecular complexity index is 587. The summed E-state index contributed by atoms with van der Waals surface area (Å²) in [4.78, 5) is 4.47. The lowest BCUT2D eigenvalue weighted by molar-refractivity contribution is 0.412. The fourth-order valence-corrected chi connectivity index (χ4v) is 2.16. The summed E-state index contributed by atoms with van der Waals surface area (Å²) in [5.41, 5.74) is 3.08. The van der Waals surface area contributed by atoms with Crippen LogP contribution in [-0.2, 0) is 13.1 Å². The van der Waals surface area contributed by atoms with Crippen molar-refractivity contribution in [2.45, 2.75) is 40.3 Å². The molecule has 2 heterocycles. The predicted octanol–water partition coefficient (Wildman–Crippen LogP) is 1.63. The summed E-state index contributed by atoms with van der Waals surface area (Å²) in [7, 11) is 0. The molecule has 7 heteroatoms. The molecule has 0 bridgehead atoms. The lowest BCUT2D eigenvalue weighted by Gasteiger charge is -2.11. The molecule has 7 nitrogen and oxygen atoms in total. The second-order valence-electron chi connectivity index (χ2n) is 5.12. The molecule has 0 aliphatic carbocycles. The summed E-state index contributed by atoms with van der Waals surface area (Å²) < 4.78 is 6.84. The maximum Gasteiger partial charge on any atom is 0.191 e. The average molecular weight is 304 g/mol. The van der Waals surface area contributed by atoms with Gasteiger partial charge in [-0.05, 0) is 33.3 Å². The molecule has 2 N–H and O–H groups in total. The number of hydrogen-bond donors (Lipinski definition) is 2. The molecule has 2 aromatic heterocycles. The summed E-state index contributed by atoms with van der Waals surface area (Å²) in [6, 6.07) is 3.91. The van der Waals surface area contributed by atoms with Crippen LogP contribution >= 0.6 is 0 Å². The summed E-state index contributed by atoms with van der Waals surface area (Å²) in [5, 5.41) is 14.8. The molecule has 0 saturated heterocycles. The Morgan fingerprint density at radius 3 is 2.86 bits per heavy atom. The maximum absolute atomic E-state index is 4.80. The fraction of sp³-hybridized carbons (Fsp3) is 0.533. The summed E-state index contributed by atoms with van der Waals surface area (Å²) in [5.74, 6) is 0.791. The van der Waals surface area contributed by atoms with Crippen molar-refractivity contribution in [3.05, 3.63) is 35.5 Å². The molecule has 0 amide bonds. The van der Waals surface area contributed by atoms with Crippen molar-refractivity contribution in [2.24, 2.45) is 4.99 Å². The van der Waals surface area contributed by atoms with Crippen LogP contribution in [0.15, 0.2) is 27.9 Å². The third kappa shape index (κ3) is 4.91. The highest BCUT2D eigenvalue weighted by atomic mass is 16.5. The number of hydrogen-bond acceptors (Lipinski definition) is 4.